The number of H-pyrrole nitrogens is 1. The summed E-state index contributed by atoms with van der Waals surface area (Å²) in [6.07, 6.45) is 0. The monoisotopic (exact) mass is 335 g/mol. The molecule has 0 saturated heterocycles. The van der Waals surface area contributed by atoms with Crippen molar-refractivity contribution < 1.29 is 14.3 Å². The van der Waals surface area contributed by atoms with Gasteiger partial charge in [-0.2, -0.15) is 5.10 Å². The van der Waals surface area contributed by atoms with E-state index in [9.17, 15) is 4.79 Å². The summed E-state index contributed by atoms with van der Waals surface area (Å²) < 4.78 is 10.7. The second-order valence-electron chi connectivity index (χ2n) is 5.75. The van der Waals surface area contributed by atoms with E-state index in [0.29, 0.717) is 17.2 Å². The van der Waals surface area contributed by atoms with E-state index in [1.165, 1.54) is 0 Å². The topological polar surface area (TPSA) is 76.2 Å². The third-order valence-corrected chi connectivity index (χ3v) is 4.38. The number of nitrogens with zero attached hydrogens (tertiary/aromatic N) is 1. The molecular weight excluding hydrogens is 318 g/mol. The molecule has 1 aromatic heterocycles. The lowest BCUT2D eigenvalue weighted by atomic mass is 9.96. The van der Waals surface area contributed by atoms with E-state index < -0.39 is 0 Å². The van der Waals surface area contributed by atoms with Gasteiger partial charge in [0.05, 0.1) is 26.0 Å². The molecule has 126 valence electrons. The van der Waals surface area contributed by atoms with Crippen molar-refractivity contribution in [3.05, 3.63) is 65.4 Å². The molecule has 6 nitrogen and oxygen atoms in total. The number of fused-ring (bicyclic) bond motifs is 1. The SMILES string of the molecule is COc1ccc([C@H]2NC(=O)c3[nH]nc(-c4ccccc4)c32)cc1OC. The predicted octanol–water partition coefficient (Wildman–Crippen LogP) is 2.93. The highest BCUT2D eigenvalue weighted by atomic mass is 16.5. The third-order valence-electron chi connectivity index (χ3n) is 4.38. The van der Waals surface area contributed by atoms with E-state index in [1.54, 1.807) is 14.2 Å². The summed E-state index contributed by atoms with van der Waals surface area (Å²) in [6, 6.07) is 15.1. The molecule has 0 saturated carbocycles. The van der Waals surface area contributed by atoms with E-state index in [4.69, 9.17) is 9.47 Å². The number of methoxy groups -OCH3 is 2. The van der Waals surface area contributed by atoms with Crippen LogP contribution in [0.1, 0.15) is 27.7 Å². The number of nitrogens with one attached hydrogen (secondary N) is 2. The van der Waals surface area contributed by atoms with Crippen molar-refractivity contribution in [2.75, 3.05) is 14.2 Å². The number of amides is 1. The molecule has 1 atom stereocenters. The van der Waals surface area contributed by atoms with Gasteiger partial charge >= 0.3 is 0 Å². The minimum atomic E-state index is -0.295. The van der Waals surface area contributed by atoms with Crippen molar-refractivity contribution in [1.29, 1.82) is 0 Å². The summed E-state index contributed by atoms with van der Waals surface area (Å²) in [7, 11) is 3.18. The maximum Gasteiger partial charge on any atom is 0.270 e. The summed E-state index contributed by atoms with van der Waals surface area (Å²) in [5.41, 5.74) is 3.99. The molecule has 0 bridgehead atoms. The average molecular weight is 335 g/mol. The number of hydrogen-bond acceptors (Lipinski definition) is 4. The summed E-state index contributed by atoms with van der Waals surface area (Å²) in [5.74, 6) is 1.10. The Bertz CT molecular complexity index is 934. The zero-order valence-corrected chi connectivity index (χ0v) is 13.9. The summed E-state index contributed by atoms with van der Waals surface area (Å²) >= 11 is 0. The average Bonchev–Trinajstić information content (AvgIpc) is 3.23. The summed E-state index contributed by atoms with van der Waals surface area (Å²) in [6.45, 7) is 0. The van der Waals surface area contributed by atoms with Crippen LogP contribution in [0, 0.1) is 0 Å². The zero-order valence-electron chi connectivity index (χ0n) is 13.9. The smallest absolute Gasteiger partial charge is 0.270 e. The van der Waals surface area contributed by atoms with E-state index in [2.05, 4.69) is 15.5 Å². The molecule has 4 rings (SSSR count). The first-order chi connectivity index (χ1) is 12.2. The fourth-order valence-electron chi connectivity index (χ4n) is 3.18. The van der Waals surface area contributed by atoms with Crippen LogP contribution < -0.4 is 14.8 Å². The Hall–Kier alpha value is -3.28. The van der Waals surface area contributed by atoms with Crippen LogP contribution in [-0.4, -0.2) is 30.3 Å². The van der Waals surface area contributed by atoms with Gasteiger partial charge in [0.1, 0.15) is 5.69 Å². The van der Waals surface area contributed by atoms with E-state index in [0.717, 1.165) is 22.4 Å². The molecular formula is C19H17N3O3. The fraction of sp³-hybridized carbons (Fsp3) is 0.158. The molecule has 25 heavy (non-hydrogen) atoms. The van der Waals surface area contributed by atoms with Crippen LogP contribution in [0.15, 0.2) is 48.5 Å². The lowest BCUT2D eigenvalue weighted by Crippen LogP contribution is -2.21. The van der Waals surface area contributed by atoms with Crippen LogP contribution in [-0.2, 0) is 0 Å². The normalized spacial score (nSPS) is 15.6. The van der Waals surface area contributed by atoms with Gasteiger partial charge in [-0.05, 0) is 17.7 Å². The number of ether oxygens (including phenoxy) is 2. The van der Waals surface area contributed by atoms with Crippen molar-refractivity contribution >= 4 is 5.91 Å². The Labute approximate surface area is 144 Å². The molecule has 1 amide bonds. The van der Waals surface area contributed by atoms with Gasteiger partial charge in [-0.15, -0.1) is 0 Å². The lowest BCUT2D eigenvalue weighted by molar-refractivity contribution is 0.0955. The first kappa shape index (κ1) is 15.3. The zero-order chi connectivity index (χ0) is 17.4. The Morgan fingerprint density at radius 3 is 2.48 bits per heavy atom. The van der Waals surface area contributed by atoms with Crippen LogP contribution in [0.5, 0.6) is 11.5 Å². The largest absolute Gasteiger partial charge is 0.493 e. The first-order valence-electron chi connectivity index (χ1n) is 7.89. The van der Waals surface area contributed by atoms with Gasteiger partial charge in [-0.1, -0.05) is 36.4 Å². The van der Waals surface area contributed by atoms with E-state index in [-0.39, 0.29) is 11.9 Å². The molecule has 0 aliphatic carbocycles. The van der Waals surface area contributed by atoms with Crippen LogP contribution in [0.4, 0.5) is 0 Å². The second kappa shape index (κ2) is 5.98. The minimum Gasteiger partial charge on any atom is -0.493 e. The maximum atomic E-state index is 12.3. The predicted molar refractivity (Wildman–Crippen MR) is 92.9 cm³/mol. The van der Waals surface area contributed by atoms with Gasteiger partial charge in [0.15, 0.2) is 11.5 Å². The Morgan fingerprint density at radius 2 is 1.76 bits per heavy atom. The van der Waals surface area contributed by atoms with Gasteiger partial charge in [-0.3, -0.25) is 9.89 Å². The van der Waals surface area contributed by atoms with E-state index >= 15 is 0 Å². The highest BCUT2D eigenvalue weighted by Crippen LogP contribution is 2.39. The van der Waals surface area contributed by atoms with Crippen molar-refractivity contribution in [3.63, 3.8) is 0 Å². The molecule has 0 radical (unpaired) electrons. The molecule has 6 heteroatoms. The van der Waals surface area contributed by atoms with Gasteiger partial charge in [0, 0.05) is 11.1 Å². The van der Waals surface area contributed by atoms with Gasteiger partial charge in [0.25, 0.3) is 5.91 Å². The van der Waals surface area contributed by atoms with Crippen molar-refractivity contribution in [3.8, 4) is 22.8 Å². The third kappa shape index (κ3) is 2.42. The highest BCUT2D eigenvalue weighted by molar-refractivity contribution is 6.00. The first-order valence-corrected chi connectivity index (χ1v) is 7.89. The van der Waals surface area contributed by atoms with Gasteiger partial charge in [0.2, 0.25) is 0 Å². The van der Waals surface area contributed by atoms with Crippen LogP contribution in [0.25, 0.3) is 11.3 Å². The number of carbonyl (C=O) groups is 1. The van der Waals surface area contributed by atoms with Crippen molar-refractivity contribution in [1.82, 2.24) is 15.5 Å². The van der Waals surface area contributed by atoms with Crippen molar-refractivity contribution in [2.24, 2.45) is 0 Å². The number of carbonyl (C=O) groups excluding carboxylic acids is 1. The molecule has 3 aromatic rings. The number of aromatic amines is 1. The molecule has 0 unspecified atom stereocenters. The number of benzene rings is 2. The number of hydrogen-bond donors (Lipinski definition) is 2. The minimum absolute atomic E-state index is 0.163. The highest BCUT2D eigenvalue weighted by Gasteiger charge is 2.35. The van der Waals surface area contributed by atoms with Gasteiger partial charge < -0.3 is 14.8 Å². The molecule has 0 fully saturated rings. The van der Waals surface area contributed by atoms with E-state index in [1.807, 2.05) is 48.5 Å². The molecule has 2 aromatic carbocycles. The molecule has 0 spiro atoms. The fourth-order valence-corrected chi connectivity index (χ4v) is 3.18. The number of rotatable bonds is 4. The Kier molecular flexibility index (Phi) is 3.65. The number of aromatic nitrogens is 2. The lowest BCUT2D eigenvalue weighted by Gasteiger charge is -2.16. The summed E-state index contributed by atoms with van der Waals surface area (Å²) in [5, 5.41) is 10.2. The molecule has 2 heterocycles. The summed E-state index contributed by atoms with van der Waals surface area (Å²) in [4.78, 5) is 12.3. The standard InChI is InChI=1S/C19H17N3O3/c1-24-13-9-8-12(10-14(13)25-2)16-15-17(11-6-4-3-5-7-11)21-22-18(15)19(23)20-16/h3-10,16H,1-2H3,(H,20,23)(H,21,22)/t16-/m1/s1. The molecule has 1 aliphatic rings. The van der Waals surface area contributed by atoms with Gasteiger partial charge in [-0.25, -0.2) is 0 Å². The Morgan fingerprint density at radius 1 is 1.00 bits per heavy atom. The molecule has 1 aliphatic heterocycles. The maximum absolute atomic E-state index is 12.3. The molecule has 2 N–H and O–H groups in total. The van der Waals surface area contributed by atoms with Crippen LogP contribution >= 0.6 is 0 Å². The van der Waals surface area contributed by atoms with Crippen molar-refractivity contribution in [2.45, 2.75) is 6.04 Å². The second-order valence-corrected chi connectivity index (χ2v) is 5.75. The van der Waals surface area contributed by atoms with Crippen LogP contribution in [0.3, 0.4) is 0 Å². The van der Waals surface area contributed by atoms with Crippen LogP contribution in [0.2, 0.25) is 0 Å². The Balaban J connectivity index is 1.83. The quantitative estimate of drug-likeness (QED) is 0.769.